The Morgan fingerprint density at radius 2 is 2.00 bits per heavy atom. The molecular weight excluding hydrogens is 348 g/mol. The summed E-state index contributed by atoms with van der Waals surface area (Å²) in [5, 5.41) is 0.180. The van der Waals surface area contributed by atoms with Crippen LogP contribution in [0.5, 0.6) is 5.75 Å². The van der Waals surface area contributed by atoms with Crippen LogP contribution in [0.4, 0.5) is 0 Å². The Kier molecular flexibility index (Phi) is 3.74. The first kappa shape index (κ1) is 14.4. The van der Waals surface area contributed by atoms with Gasteiger partial charge < -0.3 is 4.74 Å². The van der Waals surface area contributed by atoms with Crippen LogP contribution in [0.1, 0.15) is 43.5 Å². The van der Waals surface area contributed by atoms with Crippen LogP contribution in [0, 0.1) is 29.6 Å². The molecule has 3 saturated carbocycles. The summed E-state index contributed by atoms with van der Waals surface area (Å²) in [6.45, 7) is 2.88. The van der Waals surface area contributed by atoms with Crippen molar-refractivity contribution < 1.29 is 4.74 Å². The fourth-order valence-corrected chi connectivity index (χ4v) is 6.01. The topological polar surface area (TPSA) is 9.23 Å². The summed E-state index contributed by atoms with van der Waals surface area (Å²) in [5.74, 6) is 5.50. The van der Waals surface area contributed by atoms with Gasteiger partial charge in [-0.3, -0.25) is 0 Å². The normalized spacial score (nSPS) is 37.4. The summed E-state index contributed by atoms with van der Waals surface area (Å²) < 4.78 is 6.76. The molecule has 0 aliphatic heterocycles. The summed E-state index contributed by atoms with van der Waals surface area (Å²) in [5.41, 5.74) is 1.26. The SMILES string of the molecule is CCCOc1ccc(C(Cl)C2C3C4CCC(C4)C32)cc1Br. The van der Waals surface area contributed by atoms with E-state index in [1.54, 1.807) is 0 Å². The standard InChI is InChI=1S/C18H22BrClO/c1-2-7-21-14-6-5-12(9-13(14)19)18(20)17-15-10-3-4-11(8-10)16(15)17/h5-6,9-11,15-18H,2-4,7-8H2,1H3. The van der Waals surface area contributed by atoms with Crippen molar-refractivity contribution in [3.63, 3.8) is 0 Å². The Labute approximate surface area is 140 Å². The van der Waals surface area contributed by atoms with E-state index in [1.165, 1.54) is 24.8 Å². The summed E-state index contributed by atoms with van der Waals surface area (Å²) >= 11 is 10.5. The second-order valence-corrected chi connectivity index (χ2v) is 8.33. The monoisotopic (exact) mass is 368 g/mol. The van der Waals surface area contributed by atoms with Crippen LogP contribution in [0.2, 0.25) is 0 Å². The molecule has 1 aromatic carbocycles. The van der Waals surface area contributed by atoms with Crippen molar-refractivity contribution in [1.29, 1.82) is 0 Å². The molecule has 0 N–H and O–H groups in total. The number of hydrogen-bond donors (Lipinski definition) is 0. The lowest BCUT2D eigenvalue weighted by molar-refractivity contribution is 0.315. The first-order valence-corrected chi connectivity index (χ1v) is 9.50. The van der Waals surface area contributed by atoms with Crippen LogP contribution in [0.15, 0.2) is 22.7 Å². The molecular formula is C18H22BrClO. The minimum atomic E-state index is 0.180. The number of benzene rings is 1. The minimum Gasteiger partial charge on any atom is -0.492 e. The van der Waals surface area contributed by atoms with Gasteiger partial charge in [-0.2, -0.15) is 0 Å². The maximum absolute atomic E-state index is 6.83. The average molecular weight is 370 g/mol. The van der Waals surface area contributed by atoms with E-state index >= 15 is 0 Å². The number of hydrogen-bond acceptors (Lipinski definition) is 1. The molecule has 3 aliphatic rings. The number of alkyl halides is 1. The van der Waals surface area contributed by atoms with Crippen LogP contribution in [-0.2, 0) is 0 Å². The Morgan fingerprint density at radius 1 is 1.29 bits per heavy atom. The molecule has 0 radical (unpaired) electrons. The molecule has 1 nitrogen and oxygen atoms in total. The first-order valence-electron chi connectivity index (χ1n) is 8.27. The molecule has 4 rings (SSSR count). The smallest absolute Gasteiger partial charge is 0.133 e. The zero-order chi connectivity index (χ0) is 14.6. The van der Waals surface area contributed by atoms with Gasteiger partial charge in [0.05, 0.1) is 16.5 Å². The highest BCUT2D eigenvalue weighted by Gasteiger charge is 2.66. The van der Waals surface area contributed by atoms with Crippen molar-refractivity contribution in [1.82, 2.24) is 0 Å². The number of fused-ring (bicyclic) bond motifs is 5. The van der Waals surface area contributed by atoms with Gasteiger partial charge in [-0.05, 0) is 88.9 Å². The van der Waals surface area contributed by atoms with Crippen LogP contribution in [0.3, 0.4) is 0 Å². The second-order valence-electron chi connectivity index (χ2n) is 7.01. The molecule has 0 saturated heterocycles. The predicted molar refractivity (Wildman–Crippen MR) is 89.8 cm³/mol. The van der Waals surface area contributed by atoms with Gasteiger partial charge in [-0.25, -0.2) is 0 Å². The highest BCUT2D eigenvalue weighted by Crippen LogP contribution is 2.73. The zero-order valence-corrected chi connectivity index (χ0v) is 14.7. The molecule has 114 valence electrons. The minimum absolute atomic E-state index is 0.180. The Hall–Kier alpha value is -0.210. The number of ether oxygens (including phenoxy) is 1. The fraction of sp³-hybridized carbons (Fsp3) is 0.667. The molecule has 0 aromatic heterocycles. The molecule has 3 aliphatic carbocycles. The van der Waals surface area contributed by atoms with E-state index in [-0.39, 0.29) is 5.38 Å². The molecule has 5 atom stereocenters. The van der Waals surface area contributed by atoms with E-state index in [1.807, 2.05) is 0 Å². The van der Waals surface area contributed by atoms with Gasteiger partial charge in [0, 0.05) is 0 Å². The van der Waals surface area contributed by atoms with Crippen molar-refractivity contribution in [3.8, 4) is 5.75 Å². The molecule has 1 aromatic rings. The third kappa shape index (κ3) is 2.34. The van der Waals surface area contributed by atoms with Gasteiger partial charge in [-0.15, -0.1) is 11.6 Å². The van der Waals surface area contributed by atoms with Gasteiger partial charge in [0.1, 0.15) is 5.75 Å². The average Bonchev–Trinajstić information content (AvgIpc) is 2.92. The molecule has 2 bridgehead atoms. The van der Waals surface area contributed by atoms with Crippen molar-refractivity contribution in [2.75, 3.05) is 6.61 Å². The summed E-state index contributed by atoms with van der Waals surface area (Å²) in [6.07, 6.45) is 5.43. The predicted octanol–water partition coefficient (Wildman–Crippen LogP) is 5.81. The van der Waals surface area contributed by atoms with Gasteiger partial charge in [0.25, 0.3) is 0 Å². The molecule has 0 spiro atoms. The highest BCUT2D eigenvalue weighted by atomic mass is 79.9. The van der Waals surface area contributed by atoms with E-state index in [4.69, 9.17) is 16.3 Å². The Balaban J connectivity index is 1.48. The van der Waals surface area contributed by atoms with E-state index in [9.17, 15) is 0 Å². The summed E-state index contributed by atoms with van der Waals surface area (Å²) in [4.78, 5) is 0. The third-order valence-electron chi connectivity index (χ3n) is 5.87. The van der Waals surface area contributed by atoms with Gasteiger partial charge >= 0.3 is 0 Å². The van der Waals surface area contributed by atoms with Crippen LogP contribution >= 0.6 is 27.5 Å². The number of rotatable bonds is 5. The largest absolute Gasteiger partial charge is 0.492 e. The summed E-state index contributed by atoms with van der Waals surface area (Å²) in [6, 6.07) is 6.39. The number of halogens is 2. The van der Waals surface area contributed by atoms with E-state index in [2.05, 4.69) is 41.1 Å². The van der Waals surface area contributed by atoms with Crippen LogP contribution in [0.25, 0.3) is 0 Å². The van der Waals surface area contributed by atoms with Crippen molar-refractivity contribution >= 4 is 27.5 Å². The molecule has 0 amide bonds. The third-order valence-corrected chi connectivity index (χ3v) is 7.03. The van der Waals surface area contributed by atoms with Gasteiger partial charge in [-0.1, -0.05) is 13.0 Å². The molecule has 21 heavy (non-hydrogen) atoms. The molecule has 3 heteroatoms. The van der Waals surface area contributed by atoms with Crippen molar-refractivity contribution in [2.24, 2.45) is 29.6 Å². The van der Waals surface area contributed by atoms with Crippen LogP contribution < -0.4 is 4.74 Å². The van der Waals surface area contributed by atoms with Crippen molar-refractivity contribution in [3.05, 3.63) is 28.2 Å². The zero-order valence-electron chi connectivity index (χ0n) is 12.4. The molecule has 5 unspecified atom stereocenters. The lowest BCUT2D eigenvalue weighted by Gasteiger charge is -2.16. The van der Waals surface area contributed by atoms with Gasteiger partial charge in [0.2, 0.25) is 0 Å². The maximum atomic E-state index is 6.83. The Bertz CT molecular complexity index is 530. The van der Waals surface area contributed by atoms with Gasteiger partial charge in [0.15, 0.2) is 0 Å². The van der Waals surface area contributed by atoms with Crippen molar-refractivity contribution in [2.45, 2.75) is 38.0 Å². The molecule has 3 fully saturated rings. The first-order chi connectivity index (χ1) is 10.2. The second kappa shape index (κ2) is 5.45. The van der Waals surface area contributed by atoms with Crippen LogP contribution in [-0.4, -0.2) is 6.61 Å². The highest BCUT2D eigenvalue weighted by molar-refractivity contribution is 9.10. The van der Waals surface area contributed by atoms with E-state index in [0.717, 1.165) is 52.8 Å². The Morgan fingerprint density at radius 3 is 2.62 bits per heavy atom. The molecule has 0 heterocycles. The van der Waals surface area contributed by atoms with E-state index in [0.29, 0.717) is 0 Å². The lowest BCUT2D eigenvalue weighted by Crippen LogP contribution is -2.04. The van der Waals surface area contributed by atoms with E-state index < -0.39 is 0 Å². The maximum Gasteiger partial charge on any atom is 0.133 e. The lowest BCUT2D eigenvalue weighted by atomic mass is 9.97. The summed E-state index contributed by atoms with van der Waals surface area (Å²) in [7, 11) is 0. The quantitative estimate of drug-likeness (QED) is 0.595. The fourth-order valence-electron chi connectivity index (χ4n) is 5.02.